The van der Waals surface area contributed by atoms with Crippen LogP contribution in [0, 0.1) is 0 Å². The molecule has 0 unspecified atom stereocenters. The number of rotatable bonds is 7. The van der Waals surface area contributed by atoms with Gasteiger partial charge in [-0.1, -0.05) is 0 Å². The average Bonchev–Trinajstić information content (AvgIpc) is 3.27. The van der Waals surface area contributed by atoms with Gasteiger partial charge in [0.15, 0.2) is 11.8 Å². The molecule has 0 saturated heterocycles. The van der Waals surface area contributed by atoms with Crippen molar-refractivity contribution in [1.29, 1.82) is 0 Å². The SMILES string of the molecule is CN=C(NCc1cc(OC)ccc1OC(F)F)NCc1nnc2n1CCC2. The van der Waals surface area contributed by atoms with E-state index in [9.17, 15) is 8.78 Å². The highest BCUT2D eigenvalue weighted by Gasteiger charge is 2.17. The quantitative estimate of drug-likeness (QED) is 0.562. The molecular formula is C17H22F2N6O2. The van der Waals surface area contributed by atoms with Crippen LogP contribution in [0.1, 0.15) is 23.6 Å². The standard InChI is InChI=1S/C17H22F2N6O2/c1-20-17(22-10-15-24-23-14-4-3-7-25(14)15)21-9-11-8-12(26-2)5-6-13(11)27-16(18)19/h5-6,8,16H,3-4,7,9-10H2,1-2H3,(H2,20,21,22). The Morgan fingerprint density at radius 1 is 1.30 bits per heavy atom. The molecule has 1 aromatic heterocycles. The Labute approximate surface area is 155 Å². The number of hydrogen-bond acceptors (Lipinski definition) is 5. The Hall–Kier alpha value is -2.91. The van der Waals surface area contributed by atoms with Gasteiger partial charge in [0.25, 0.3) is 0 Å². The van der Waals surface area contributed by atoms with Crippen molar-refractivity contribution >= 4 is 5.96 Å². The van der Waals surface area contributed by atoms with E-state index in [0.29, 0.717) is 23.8 Å². The summed E-state index contributed by atoms with van der Waals surface area (Å²) in [6.07, 6.45) is 2.02. The summed E-state index contributed by atoms with van der Waals surface area (Å²) in [5.74, 6) is 2.99. The zero-order valence-electron chi connectivity index (χ0n) is 15.2. The lowest BCUT2D eigenvalue weighted by Gasteiger charge is -2.15. The minimum atomic E-state index is -2.90. The van der Waals surface area contributed by atoms with Gasteiger partial charge >= 0.3 is 6.61 Å². The number of hydrogen-bond donors (Lipinski definition) is 2. The number of nitrogens with one attached hydrogen (secondary N) is 2. The Morgan fingerprint density at radius 3 is 2.85 bits per heavy atom. The molecule has 0 amide bonds. The van der Waals surface area contributed by atoms with Gasteiger partial charge in [0, 0.05) is 32.1 Å². The summed E-state index contributed by atoms with van der Waals surface area (Å²) in [7, 11) is 3.14. The zero-order chi connectivity index (χ0) is 19.2. The number of aliphatic imine (C=N–C) groups is 1. The molecule has 0 bridgehead atoms. The Kier molecular flexibility index (Phi) is 6.05. The van der Waals surface area contributed by atoms with Gasteiger partial charge in [0.1, 0.15) is 17.3 Å². The van der Waals surface area contributed by atoms with Crippen LogP contribution in [0.4, 0.5) is 8.78 Å². The number of nitrogens with zero attached hydrogens (tertiary/aromatic N) is 4. The number of aryl methyl sites for hydroxylation is 1. The summed E-state index contributed by atoms with van der Waals surface area (Å²) in [5, 5.41) is 14.6. The second-order valence-electron chi connectivity index (χ2n) is 5.92. The van der Waals surface area contributed by atoms with Crippen LogP contribution >= 0.6 is 0 Å². The summed E-state index contributed by atoms with van der Waals surface area (Å²) in [6, 6.07) is 4.67. The van der Waals surface area contributed by atoms with Gasteiger partial charge < -0.3 is 24.7 Å². The molecule has 2 N–H and O–H groups in total. The molecule has 146 valence electrons. The fourth-order valence-corrected chi connectivity index (χ4v) is 2.94. The van der Waals surface area contributed by atoms with E-state index in [1.807, 2.05) is 0 Å². The van der Waals surface area contributed by atoms with Crippen LogP contribution in [0.3, 0.4) is 0 Å². The van der Waals surface area contributed by atoms with E-state index in [1.54, 1.807) is 19.2 Å². The first kappa shape index (κ1) is 18.9. The Balaban J connectivity index is 1.61. The molecule has 1 aliphatic heterocycles. The first-order valence-electron chi connectivity index (χ1n) is 8.58. The molecule has 1 aliphatic rings. The third-order valence-corrected chi connectivity index (χ3v) is 4.25. The summed E-state index contributed by atoms with van der Waals surface area (Å²) >= 11 is 0. The lowest BCUT2D eigenvalue weighted by molar-refractivity contribution is -0.0504. The zero-order valence-corrected chi connectivity index (χ0v) is 15.2. The molecule has 10 heteroatoms. The molecule has 0 saturated carbocycles. The first-order valence-corrected chi connectivity index (χ1v) is 8.58. The normalized spacial score (nSPS) is 13.6. The number of halogens is 2. The number of methoxy groups -OCH3 is 1. The minimum Gasteiger partial charge on any atom is -0.497 e. The van der Waals surface area contributed by atoms with Gasteiger partial charge in [0.05, 0.1) is 13.7 Å². The van der Waals surface area contributed by atoms with Gasteiger partial charge in [-0.2, -0.15) is 8.78 Å². The van der Waals surface area contributed by atoms with Gasteiger partial charge in [-0.05, 0) is 24.6 Å². The van der Waals surface area contributed by atoms with E-state index in [2.05, 4.69) is 35.1 Å². The van der Waals surface area contributed by atoms with Crippen LogP contribution in [0.25, 0.3) is 0 Å². The molecule has 2 aromatic rings. The predicted octanol–water partition coefficient (Wildman–Crippen LogP) is 1.70. The van der Waals surface area contributed by atoms with Gasteiger partial charge in [-0.25, -0.2) is 0 Å². The summed E-state index contributed by atoms with van der Waals surface area (Å²) in [4.78, 5) is 4.15. The minimum absolute atomic E-state index is 0.0871. The van der Waals surface area contributed by atoms with Crippen LogP contribution in [0.15, 0.2) is 23.2 Å². The van der Waals surface area contributed by atoms with Crippen LogP contribution in [-0.4, -0.2) is 41.5 Å². The van der Waals surface area contributed by atoms with Crippen molar-refractivity contribution in [2.45, 2.75) is 39.1 Å². The number of fused-ring (bicyclic) bond motifs is 1. The van der Waals surface area contributed by atoms with Crippen molar-refractivity contribution in [3.63, 3.8) is 0 Å². The van der Waals surface area contributed by atoms with Crippen molar-refractivity contribution in [2.24, 2.45) is 4.99 Å². The topological polar surface area (TPSA) is 85.6 Å². The average molecular weight is 380 g/mol. The smallest absolute Gasteiger partial charge is 0.387 e. The molecule has 3 rings (SSSR count). The van der Waals surface area contributed by atoms with Crippen molar-refractivity contribution < 1.29 is 18.3 Å². The van der Waals surface area contributed by atoms with E-state index >= 15 is 0 Å². The molecule has 0 spiro atoms. The van der Waals surface area contributed by atoms with Gasteiger partial charge in [0.2, 0.25) is 0 Å². The fourth-order valence-electron chi connectivity index (χ4n) is 2.94. The number of alkyl halides is 2. The molecule has 0 aliphatic carbocycles. The third-order valence-electron chi connectivity index (χ3n) is 4.25. The van der Waals surface area contributed by atoms with Crippen LogP contribution in [0.5, 0.6) is 11.5 Å². The van der Waals surface area contributed by atoms with Crippen molar-refractivity contribution in [3.05, 3.63) is 35.4 Å². The molecule has 8 nitrogen and oxygen atoms in total. The van der Waals surface area contributed by atoms with E-state index in [4.69, 9.17) is 4.74 Å². The number of aromatic nitrogens is 3. The second-order valence-corrected chi connectivity index (χ2v) is 5.92. The monoisotopic (exact) mass is 380 g/mol. The van der Waals surface area contributed by atoms with Crippen molar-refractivity contribution in [1.82, 2.24) is 25.4 Å². The highest BCUT2D eigenvalue weighted by Crippen LogP contribution is 2.25. The van der Waals surface area contributed by atoms with E-state index in [-0.39, 0.29) is 12.3 Å². The molecule has 1 aromatic carbocycles. The Morgan fingerprint density at radius 2 is 2.11 bits per heavy atom. The molecule has 0 radical (unpaired) electrons. The van der Waals surface area contributed by atoms with E-state index in [0.717, 1.165) is 31.0 Å². The lowest BCUT2D eigenvalue weighted by atomic mass is 10.2. The molecule has 2 heterocycles. The van der Waals surface area contributed by atoms with E-state index < -0.39 is 6.61 Å². The fraction of sp³-hybridized carbons (Fsp3) is 0.471. The van der Waals surface area contributed by atoms with Gasteiger partial charge in [-0.3, -0.25) is 4.99 Å². The van der Waals surface area contributed by atoms with Crippen LogP contribution in [0.2, 0.25) is 0 Å². The highest BCUT2D eigenvalue weighted by atomic mass is 19.3. The van der Waals surface area contributed by atoms with Crippen molar-refractivity contribution in [2.75, 3.05) is 14.2 Å². The number of benzene rings is 1. The maximum Gasteiger partial charge on any atom is 0.387 e. The maximum atomic E-state index is 12.6. The summed E-state index contributed by atoms with van der Waals surface area (Å²) in [5.41, 5.74) is 0.529. The molecule has 0 fully saturated rings. The highest BCUT2D eigenvalue weighted by molar-refractivity contribution is 5.79. The number of ether oxygens (including phenoxy) is 2. The second kappa shape index (κ2) is 8.65. The molecule has 27 heavy (non-hydrogen) atoms. The third kappa shape index (κ3) is 4.63. The summed E-state index contributed by atoms with van der Waals surface area (Å²) in [6.45, 7) is -1.28. The molecular weight excluding hydrogens is 358 g/mol. The van der Waals surface area contributed by atoms with Crippen LogP contribution in [-0.2, 0) is 26.1 Å². The van der Waals surface area contributed by atoms with E-state index in [1.165, 1.54) is 13.2 Å². The lowest BCUT2D eigenvalue weighted by Crippen LogP contribution is -2.37. The first-order chi connectivity index (χ1) is 13.1. The Bertz CT molecular complexity index is 809. The van der Waals surface area contributed by atoms with Crippen LogP contribution < -0.4 is 20.1 Å². The van der Waals surface area contributed by atoms with Gasteiger partial charge in [-0.15, -0.1) is 10.2 Å². The summed E-state index contributed by atoms with van der Waals surface area (Å²) < 4.78 is 37.0. The largest absolute Gasteiger partial charge is 0.497 e. The number of guanidine groups is 1. The molecule has 0 atom stereocenters. The maximum absolute atomic E-state index is 12.6. The predicted molar refractivity (Wildman–Crippen MR) is 95.0 cm³/mol. The van der Waals surface area contributed by atoms with Crippen molar-refractivity contribution in [3.8, 4) is 11.5 Å².